The highest BCUT2D eigenvalue weighted by Crippen LogP contribution is 2.18. The second kappa shape index (κ2) is 4.84. The maximum atomic E-state index is 4.30. The Bertz CT molecular complexity index is 508. The predicted octanol–water partition coefficient (Wildman–Crippen LogP) is 3.38. The first-order chi connectivity index (χ1) is 8.06. The number of nitrogens with one attached hydrogen (secondary N) is 1. The number of hydrogen-bond acceptors (Lipinski definition) is 4. The van der Waals surface area contributed by atoms with Gasteiger partial charge in [0.25, 0.3) is 0 Å². The van der Waals surface area contributed by atoms with Crippen molar-refractivity contribution in [3.8, 4) is 0 Å². The molecule has 0 aliphatic rings. The van der Waals surface area contributed by atoms with Crippen molar-refractivity contribution in [2.45, 2.75) is 34.2 Å². The Morgan fingerprint density at radius 1 is 1.12 bits per heavy atom. The summed E-state index contributed by atoms with van der Waals surface area (Å²) in [6.07, 6.45) is 0. The van der Waals surface area contributed by atoms with Crippen LogP contribution in [0.4, 0.5) is 5.13 Å². The van der Waals surface area contributed by atoms with Crippen LogP contribution in [0.5, 0.6) is 0 Å². The molecule has 2 aromatic rings. The molecule has 0 unspecified atom stereocenters. The zero-order valence-corrected chi connectivity index (χ0v) is 11.5. The van der Waals surface area contributed by atoms with E-state index < -0.39 is 0 Å². The van der Waals surface area contributed by atoms with Gasteiger partial charge in [-0.05, 0) is 44.4 Å². The third kappa shape index (κ3) is 2.82. The molecule has 2 rings (SSSR count). The molecule has 1 aromatic carbocycles. The van der Waals surface area contributed by atoms with Gasteiger partial charge >= 0.3 is 0 Å². The molecule has 4 heteroatoms. The highest BCUT2D eigenvalue weighted by atomic mass is 32.1. The minimum atomic E-state index is 0.812. The number of aryl methyl sites for hydroxylation is 4. The van der Waals surface area contributed by atoms with Gasteiger partial charge in [0, 0.05) is 18.1 Å². The van der Waals surface area contributed by atoms with Crippen molar-refractivity contribution >= 4 is 16.7 Å². The van der Waals surface area contributed by atoms with Gasteiger partial charge in [-0.2, -0.15) is 4.37 Å². The third-order valence-electron chi connectivity index (χ3n) is 2.78. The van der Waals surface area contributed by atoms with Gasteiger partial charge in [-0.15, -0.1) is 0 Å². The Balaban J connectivity index is 2.14. The van der Waals surface area contributed by atoms with Gasteiger partial charge in [-0.25, -0.2) is 4.98 Å². The standard InChI is InChI=1S/C13H17N3S/c1-8-5-9(2)12(10(3)6-8)7-14-13-15-11(4)16-17-13/h5-6H,7H2,1-4H3,(H,14,15,16). The maximum Gasteiger partial charge on any atom is 0.202 e. The number of anilines is 1. The van der Waals surface area contributed by atoms with Crippen molar-refractivity contribution in [3.05, 3.63) is 40.2 Å². The van der Waals surface area contributed by atoms with Crippen LogP contribution in [-0.2, 0) is 6.54 Å². The summed E-state index contributed by atoms with van der Waals surface area (Å²) in [5.74, 6) is 0.829. The molecule has 90 valence electrons. The first-order valence-corrected chi connectivity index (χ1v) is 6.44. The summed E-state index contributed by atoms with van der Waals surface area (Å²) in [4.78, 5) is 4.30. The van der Waals surface area contributed by atoms with Gasteiger partial charge in [-0.3, -0.25) is 0 Å². The van der Waals surface area contributed by atoms with E-state index in [0.29, 0.717) is 0 Å². The van der Waals surface area contributed by atoms with Crippen LogP contribution in [0.25, 0.3) is 0 Å². The number of hydrogen-bond donors (Lipinski definition) is 1. The van der Waals surface area contributed by atoms with Crippen LogP contribution in [0, 0.1) is 27.7 Å². The molecule has 0 bridgehead atoms. The molecule has 3 nitrogen and oxygen atoms in total. The normalized spacial score (nSPS) is 10.6. The van der Waals surface area contributed by atoms with Gasteiger partial charge in [0.2, 0.25) is 5.13 Å². The van der Waals surface area contributed by atoms with Crippen LogP contribution < -0.4 is 5.32 Å². The van der Waals surface area contributed by atoms with E-state index in [4.69, 9.17) is 0 Å². The average Bonchev–Trinajstić information content (AvgIpc) is 2.62. The van der Waals surface area contributed by atoms with Gasteiger partial charge in [-0.1, -0.05) is 17.7 Å². The van der Waals surface area contributed by atoms with E-state index in [9.17, 15) is 0 Å². The third-order valence-corrected chi connectivity index (χ3v) is 3.55. The molecular weight excluding hydrogens is 230 g/mol. The molecule has 0 aliphatic heterocycles. The molecule has 1 aromatic heterocycles. The molecule has 0 spiro atoms. The minimum Gasteiger partial charge on any atom is -0.356 e. The van der Waals surface area contributed by atoms with E-state index >= 15 is 0 Å². The van der Waals surface area contributed by atoms with Gasteiger partial charge in [0.05, 0.1) is 0 Å². The number of nitrogens with zero attached hydrogens (tertiary/aromatic N) is 2. The van der Waals surface area contributed by atoms with Crippen molar-refractivity contribution in [2.24, 2.45) is 0 Å². The SMILES string of the molecule is Cc1cc(C)c(CNc2nc(C)ns2)c(C)c1. The van der Waals surface area contributed by atoms with Crippen LogP contribution in [0.2, 0.25) is 0 Å². The molecule has 17 heavy (non-hydrogen) atoms. The molecule has 1 N–H and O–H groups in total. The van der Waals surface area contributed by atoms with Gasteiger partial charge in [0.15, 0.2) is 0 Å². The number of benzene rings is 1. The monoisotopic (exact) mass is 247 g/mol. The second-order valence-electron chi connectivity index (χ2n) is 4.38. The van der Waals surface area contributed by atoms with Gasteiger partial charge in [0.1, 0.15) is 5.82 Å². The van der Waals surface area contributed by atoms with Crippen molar-refractivity contribution < 1.29 is 0 Å². The lowest BCUT2D eigenvalue weighted by atomic mass is 10.00. The highest BCUT2D eigenvalue weighted by molar-refractivity contribution is 7.09. The van der Waals surface area contributed by atoms with Crippen LogP contribution in [0.15, 0.2) is 12.1 Å². The first-order valence-electron chi connectivity index (χ1n) is 5.67. The summed E-state index contributed by atoms with van der Waals surface area (Å²) in [5.41, 5.74) is 5.33. The molecule has 0 radical (unpaired) electrons. The molecular formula is C13H17N3S. The van der Waals surface area contributed by atoms with Crippen LogP contribution in [0.3, 0.4) is 0 Å². The summed E-state index contributed by atoms with van der Waals surface area (Å²) < 4.78 is 4.16. The van der Waals surface area contributed by atoms with Crippen molar-refractivity contribution in [1.82, 2.24) is 9.36 Å². The van der Waals surface area contributed by atoms with Crippen molar-refractivity contribution in [2.75, 3.05) is 5.32 Å². The van der Waals surface area contributed by atoms with Crippen LogP contribution in [-0.4, -0.2) is 9.36 Å². The number of rotatable bonds is 3. The average molecular weight is 247 g/mol. The fraction of sp³-hybridized carbons (Fsp3) is 0.385. The lowest BCUT2D eigenvalue weighted by Crippen LogP contribution is -2.03. The highest BCUT2D eigenvalue weighted by Gasteiger charge is 2.05. The van der Waals surface area contributed by atoms with Gasteiger partial charge < -0.3 is 5.32 Å². The van der Waals surface area contributed by atoms with Crippen molar-refractivity contribution in [1.29, 1.82) is 0 Å². The largest absolute Gasteiger partial charge is 0.356 e. The molecule has 0 amide bonds. The Labute approximate surface area is 106 Å². The van der Waals surface area contributed by atoms with E-state index in [0.717, 1.165) is 17.5 Å². The quantitative estimate of drug-likeness (QED) is 0.903. The molecule has 0 saturated carbocycles. The van der Waals surface area contributed by atoms with Crippen LogP contribution in [0.1, 0.15) is 28.1 Å². The summed E-state index contributed by atoms with van der Waals surface area (Å²) >= 11 is 1.41. The summed E-state index contributed by atoms with van der Waals surface area (Å²) in [5, 5.41) is 4.22. The van der Waals surface area contributed by atoms with E-state index in [1.54, 1.807) is 0 Å². The topological polar surface area (TPSA) is 37.8 Å². The molecule has 0 aliphatic carbocycles. The lowest BCUT2D eigenvalue weighted by molar-refractivity contribution is 1.06. The summed E-state index contributed by atoms with van der Waals surface area (Å²) in [6, 6.07) is 4.44. The van der Waals surface area contributed by atoms with E-state index in [1.165, 1.54) is 33.8 Å². The van der Waals surface area contributed by atoms with Crippen LogP contribution >= 0.6 is 11.5 Å². The summed E-state index contributed by atoms with van der Waals surface area (Å²) in [7, 11) is 0. The molecule has 0 saturated heterocycles. The molecule has 1 heterocycles. The zero-order chi connectivity index (χ0) is 12.4. The smallest absolute Gasteiger partial charge is 0.202 e. The van der Waals surface area contributed by atoms with Crippen molar-refractivity contribution in [3.63, 3.8) is 0 Å². The Morgan fingerprint density at radius 2 is 1.76 bits per heavy atom. The van der Waals surface area contributed by atoms with E-state index in [1.807, 2.05) is 6.92 Å². The lowest BCUT2D eigenvalue weighted by Gasteiger charge is -2.11. The Hall–Kier alpha value is -1.42. The maximum absolute atomic E-state index is 4.30. The second-order valence-corrected chi connectivity index (χ2v) is 5.13. The van der Waals surface area contributed by atoms with E-state index in [2.05, 4.69) is 47.6 Å². The zero-order valence-electron chi connectivity index (χ0n) is 10.7. The fourth-order valence-corrected chi connectivity index (χ4v) is 2.59. The summed E-state index contributed by atoms with van der Waals surface area (Å²) in [6.45, 7) is 9.16. The molecule has 0 atom stereocenters. The first kappa shape index (κ1) is 12.0. The fourth-order valence-electron chi connectivity index (χ4n) is 2.02. The molecule has 0 fully saturated rings. The predicted molar refractivity (Wildman–Crippen MR) is 72.6 cm³/mol. The van der Waals surface area contributed by atoms with E-state index in [-0.39, 0.29) is 0 Å². The minimum absolute atomic E-state index is 0.812. The Kier molecular flexibility index (Phi) is 3.43. The Morgan fingerprint density at radius 3 is 2.29 bits per heavy atom. The number of aromatic nitrogens is 2.